The average Bonchev–Trinajstić information content (AvgIpc) is 2.90. The van der Waals surface area contributed by atoms with E-state index in [1.807, 2.05) is 13.0 Å². The van der Waals surface area contributed by atoms with Gasteiger partial charge in [0.15, 0.2) is 5.76 Å². The molecule has 1 aromatic heterocycles. The third-order valence-corrected chi connectivity index (χ3v) is 6.58. The molecule has 1 aliphatic rings. The molecule has 31 heavy (non-hydrogen) atoms. The van der Waals surface area contributed by atoms with Gasteiger partial charge in [-0.25, -0.2) is 0 Å². The number of aryl methyl sites for hydroxylation is 4. The number of nitrogens with zero attached hydrogens (tertiary/aromatic N) is 1. The fraction of sp³-hybridized carbons (Fsp3) is 0.444. The molecule has 164 valence electrons. The second-order valence-electron chi connectivity index (χ2n) is 9.10. The van der Waals surface area contributed by atoms with Crippen molar-refractivity contribution in [1.82, 2.24) is 10.2 Å². The summed E-state index contributed by atoms with van der Waals surface area (Å²) in [4.78, 5) is 15.7. The number of nitrogens with one attached hydrogen (secondary N) is 1. The first kappa shape index (κ1) is 21.6. The van der Waals surface area contributed by atoms with Crippen molar-refractivity contribution in [2.45, 2.75) is 59.4 Å². The molecular weight excluding hydrogens is 384 g/mol. The lowest BCUT2D eigenvalue weighted by molar-refractivity contribution is 0.0907. The van der Waals surface area contributed by atoms with Crippen LogP contribution in [0.4, 0.5) is 0 Å². The van der Waals surface area contributed by atoms with Crippen LogP contribution in [0.1, 0.15) is 70.1 Å². The Balaban J connectivity index is 1.57. The number of furan rings is 1. The number of likely N-dealkylation sites (tertiary alicyclic amines) is 1. The minimum absolute atomic E-state index is 0.127. The van der Waals surface area contributed by atoms with Crippen LogP contribution in [0.25, 0.3) is 11.0 Å². The molecular formula is C27H34N2O2. The van der Waals surface area contributed by atoms with Crippen LogP contribution in [0.2, 0.25) is 0 Å². The van der Waals surface area contributed by atoms with E-state index in [9.17, 15) is 4.79 Å². The normalized spacial score (nSPS) is 16.3. The van der Waals surface area contributed by atoms with E-state index in [0.29, 0.717) is 12.3 Å². The Morgan fingerprint density at radius 1 is 0.968 bits per heavy atom. The van der Waals surface area contributed by atoms with E-state index in [2.05, 4.69) is 61.3 Å². The first-order valence-electron chi connectivity index (χ1n) is 11.5. The quantitative estimate of drug-likeness (QED) is 0.551. The van der Waals surface area contributed by atoms with Crippen molar-refractivity contribution in [2.24, 2.45) is 0 Å². The highest BCUT2D eigenvalue weighted by Gasteiger charge is 2.24. The fourth-order valence-electron chi connectivity index (χ4n) is 4.93. The van der Waals surface area contributed by atoms with E-state index in [0.717, 1.165) is 40.7 Å². The maximum Gasteiger partial charge on any atom is 0.287 e. The van der Waals surface area contributed by atoms with Crippen molar-refractivity contribution in [2.75, 3.05) is 19.6 Å². The molecule has 0 unspecified atom stereocenters. The zero-order valence-electron chi connectivity index (χ0n) is 19.3. The van der Waals surface area contributed by atoms with Crippen molar-refractivity contribution in [3.8, 4) is 0 Å². The molecule has 1 aliphatic heterocycles. The Morgan fingerprint density at radius 2 is 1.65 bits per heavy atom. The summed E-state index contributed by atoms with van der Waals surface area (Å²) in [6.45, 7) is 11.0. The van der Waals surface area contributed by atoms with Crippen molar-refractivity contribution < 1.29 is 9.21 Å². The minimum atomic E-state index is -0.127. The predicted molar refractivity (Wildman–Crippen MR) is 127 cm³/mol. The summed E-state index contributed by atoms with van der Waals surface area (Å²) in [5, 5.41) is 4.25. The number of hydrogen-bond donors (Lipinski definition) is 1. The summed E-state index contributed by atoms with van der Waals surface area (Å²) < 4.78 is 6.02. The highest BCUT2D eigenvalue weighted by Crippen LogP contribution is 2.30. The second-order valence-corrected chi connectivity index (χ2v) is 9.10. The van der Waals surface area contributed by atoms with Crippen molar-refractivity contribution in [3.63, 3.8) is 0 Å². The van der Waals surface area contributed by atoms with Crippen LogP contribution in [-0.2, 0) is 0 Å². The molecule has 1 fully saturated rings. The Bertz CT molecular complexity index is 1060. The number of rotatable bonds is 5. The molecule has 0 aliphatic carbocycles. The van der Waals surface area contributed by atoms with Gasteiger partial charge in [-0.15, -0.1) is 0 Å². The van der Waals surface area contributed by atoms with Gasteiger partial charge in [-0.3, -0.25) is 9.69 Å². The molecule has 1 amide bonds. The lowest BCUT2D eigenvalue weighted by Gasteiger charge is -2.31. The maximum absolute atomic E-state index is 13.1. The highest BCUT2D eigenvalue weighted by molar-refractivity contribution is 6.00. The van der Waals surface area contributed by atoms with Gasteiger partial charge in [0.05, 0.1) is 6.04 Å². The first-order chi connectivity index (χ1) is 14.9. The summed E-state index contributed by atoms with van der Waals surface area (Å²) in [6, 6.07) is 13.1. The largest absolute Gasteiger partial charge is 0.451 e. The molecule has 4 rings (SSSR count). The van der Waals surface area contributed by atoms with Crippen molar-refractivity contribution in [1.29, 1.82) is 0 Å². The molecule has 1 saturated heterocycles. The molecule has 3 aromatic rings. The van der Waals surface area contributed by atoms with Crippen LogP contribution < -0.4 is 5.32 Å². The van der Waals surface area contributed by atoms with E-state index in [1.54, 1.807) is 0 Å². The molecule has 0 radical (unpaired) electrons. The molecule has 2 heterocycles. The molecule has 0 bridgehead atoms. The molecule has 4 nitrogen and oxygen atoms in total. The van der Waals surface area contributed by atoms with Gasteiger partial charge in [-0.1, -0.05) is 48.7 Å². The van der Waals surface area contributed by atoms with Crippen LogP contribution >= 0.6 is 0 Å². The summed E-state index contributed by atoms with van der Waals surface area (Å²) in [5.41, 5.74) is 6.53. The maximum atomic E-state index is 13.1. The number of carbonyl (C=O) groups excluding carboxylic acids is 1. The van der Waals surface area contributed by atoms with Gasteiger partial charge in [0, 0.05) is 17.5 Å². The molecule has 2 aromatic carbocycles. The van der Waals surface area contributed by atoms with E-state index in [1.165, 1.54) is 36.8 Å². The Labute approximate surface area is 185 Å². The topological polar surface area (TPSA) is 45.5 Å². The van der Waals surface area contributed by atoms with Gasteiger partial charge in [0.25, 0.3) is 5.91 Å². The third kappa shape index (κ3) is 4.69. The monoisotopic (exact) mass is 418 g/mol. The second kappa shape index (κ2) is 9.27. The zero-order valence-corrected chi connectivity index (χ0v) is 19.3. The van der Waals surface area contributed by atoms with Gasteiger partial charge >= 0.3 is 0 Å². The SMILES string of the molecule is Cc1ccc([C@@H](CNC(=O)c2oc3cc(C)cc(C)c3c2C)N2CCCCCC2)cc1. The van der Waals surface area contributed by atoms with Gasteiger partial charge in [0.2, 0.25) is 0 Å². The number of benzene rings is 2. The van der Waals surface area contributed by atoms with Crippen LogP contribution in [0, 0.1) is 27.7 Å². The Morgan fingerprint density at radius 3 is 2.32 bits per heavy atom. The minimum Gasteiger partial charge on any atom is -0.451 e. The van der Waals surface area contributed by atoms with Crippen LogP contribution in [-0.4, -0.2) is 30.4 Å². The molecule has 1 atom stereocenters. The lowest BCUT2D eigenvalue weighted by atomic mass is 10.0. The number of amides is 1. The molecule has 4 heteroatoms. The van der Waals surface area contributed by atoms with E-state index >= 15 is 0 Å². The lowest BCUT2D eigenvalue weighted by Crippen LogP contribution is -2.38. The molecule has 0 saturated carbocycles. The van der Waals surface area contributed by atoms with Gasteiger partial charge in [-0.2, -0.15) is 0 Å². The Kier molecular flexibility index (Phi) is 6.47. The summed E-state index contributed by atoms with van der Waals surface area (Å²) in [5.74, 6) is 0.305. The summed E-state index contributed by atoms with van der Waals surface area (Å²) in [7, 11) is 0. The van der Waals surface area contributed by atoms with E-state index in [-0.39, 0.29) is 11.9 Å². The smallest absolute Gasteiger partial charge is 0.287 e. The Hall–Kier alpha value is -2.59. The molecule has 0 spiro atoms. The van der Waals surface area contributed by atoms with Crippen molar-refractivity contribution >= 4 is 16.9 Å². The number of hydrogen-bond acceptors (Lipinski definition) is 3. The molecule has 1 N–H and O–H groups in total. The predicted octanol–water partition coefficient (Wildman–Crippen LogP) is 6.01. The standard InChI is InChI=1S/C27H34N2O2/c1-18-9-11-22(12-10-18)23(29-13-7-5-6-8-14-29)17-28-27(30)26-21(4)25-20(3)15-19(2)16-24(25)31-26/h9-12,15-16,23H,5-8,13-14,17H2,1-4H3,(H,28,30)/t23-/m1/s1. The van der Waals surface area contributed by atoms with Gasteiger partial charge < -0.3 is 9.73 Å². The third-order valence-electron chi connectivity index (χ3n) is 6.58. The van der Waals surface area contributed by atoms with Crippen LogP contribution in [0.15, 0.2) is 40.8 Å². The van der Waals surface area contributed by atoms with Gasteiger partial charge in [-0.05, 0) is 76.4 Å². The first-order valence-corrected chi connectivity index (χ1v) is 11.5. The summed E-state index contributed by atoms with van der Waals surface area (Å²) in [6.07, 6.45) is 5.02. The van der Waals surface area contributed by atoms with Crippen LogP contribution in [0.5, 0.6) is 0 Å². The average molecular weight is 419 g/mol. The van der Waals surface area contributed by atoms with Crippen LogP contribution in [0.3, 0.4) is 0 Å². The number of fused-ring (bicyclic) bond motifs is 1. The number of carbonyl (C=O) groups is 1. The highest BCUT2D eigenvalue weighted by atomic mass is 16.3. The van der Waals surface area contributed by atoms with E-state index < -0.39 is 0 Å². The van der Waals surface area contributed by atoms with Gasteiger partial charge in [0.1, 0.15) is 5.58 Å². The van der Waals surface area contributed by atoms with Crippen molar-refractivity contribution in [3.05, 3.63) is 70.0 Å². The fourth-order valence-corrected chi connectivity index (χ4v) is 4.93. The summed E-state index contributed by atoms with van der Waals surface area (Å²) >= 11 is 0. The zero-order chi connectivity index (χ0) is 22.0. The van der Waals surface area contributed by atoms with E-state index in [4.69, 9.17) is 4.42 Å².